The molecular formula is C72H44B3N3O6S2. The van der Waals surface area contributed by atoms with Gasteiger partial charge in [0.25, 0.3) is 20.1 Å². The second-order valence-corrected chi connectivity index (χ2v) is 24.9. The van der Waals surface area contributed by atoms with Gasteiger partial charge in [0.1, 0.15) is 69.0 Å². The smallest absolute Gasteiger partial charge is 0.268 e. The molecule has 0 bridgehead atoms. The molecule has 86 heavy (non-hydrogen) atoms. The average molecular weight is 1140 g/mol. The van der Waals surface area contributed by atoms with Crippen molar-refractivity contribution < 1.29 is 28.4 Å². The Morgan fingerprint density at radius 2 is 0.779 bits per heavy atom. The molecule has 9 nitrogen and oxygen atoms in total. The summed E-state index contributed by atoms with van der Waals surface area (Å²) in [4.78, 5) is 7.09. The maximum absolute atomic E-state index is 7.35. The largest absolute Gasteiger partial charge is 0.458 e. The van der Waals surface area contributed by atoms with E-state index in [1.807, 2.05) is 126 Å². The number of para-hydroxylation sites is 4. The predicted octanol–water partition coefficient (Wildman–Crippen LogP) is 13.3. The lowest BCUT2D eigenvalue weighted by Gasteiger charge is -2.43. The molecule has 8 heterocycles. The van der Waals surface area contributed by atoms with Gasteiger partial charge in [-0.15, -0.1) is 22.7 Å². The molecule has 0 radical (unpaired) electrons. The van der Waals surface area contributed by atoms with Crippen molar-refractivity contribution in [3.8, 4) is 69.0 Å². The number of hydrogen-bond donors (Lipinski definition) is 0. The van der Waals surface area contributed by atoms with E-state index in [0.717, 1.165) is 102 Å². The zero-order chi connectivity index (χ0) is 56.5. The van der Waals surface area contributed by atoms with E-state index < -0.39 is 0 Å². The summed E-state index contributed by atoms with van der Waals surface area (Å²) in [5.41, 5.74) is 15.3. The number of benzene rings is 11. The first kappa shape index (κ1) is 48.1. The first-order chi connectivity index (χ1) is 42.4. The summed E-state index contributed by atoms with van der Waals surface area (Å²) >= 11 is 3.69. The molecule has 0 unspecified atom stereocenters. The van der Waals surface area contributed by atoms with Gasteiger partial charge in [-0.25, -0.2) is 0 Å². The molecule has 0 N–H and O–H groups in total. The lowest BCUT2D eigenvalue weighted by molar-refractivity contribution is 0.443. The second kappa shape index (κ2) is 18.1. The normalized spacial score (nSPS) is 13.8. The van der Waals surface area contributed by atoms with Crippen LogP contribution in [0.4, 0.5) is 39.8 Å². The highest BCUT2D eigenvalue weighted by atomic mass is 32.1. The van der Waals surface area contributed by atoms with Crippen molar-refractivity contribution in [2.24, 2.45) is 0 Å². The maximum Gasteiger partial charge on any atom is 0.268 e. The Hall–Kier alpha value is -10.3. The third kappa shape index (κ3) is 7.02. The van der Waals surface area contributed by atoms with Crippen LogP contribution in [0.2, 0.25) is 0 Å². The monoisotopic (exact) mass is 1140 g/mol. The summed E-state index contributed by atoms with van der Waals surface area (Å²) in [6.45, 7) is -0.607. The number of hydrogen-bond acceptors (Lipinski definition) is 11. The minimum atomic E-state index is -0.303. The van der Waals surface area contributed by atoms with E-state index in [0.29, 0.717) is 28.7 Å². The van der Waals surface area contributed by atoms with Crippen molar-refractivity contribution >= 4 is 151 Å². The molecule has 11 aromatic carbocycles. The topological polar surface area (TPSA) is 65.1 Å². The average Bonchev–Trinajstić information content (AvgIpc) is 1.19. The molecule has 2 aromatic heterocycles. The molecule has 0 amide bonds. The number of rotatable bonds is 7. The van der Waals surface area contributed by atoms with Crippen molar-refractivity contribution in [3.63, 3.8) is 0 Å². The molecule has 0 aliphatic carbocycles. The van der Waals surface area contributed by atoms with E-state index in [2.05, 4.69) is 156 Å². The van der Waals surface area contributed by atoms with Crippen LogP contribution in [0, 0.1) is 0 Å². The van der Waals surface area contributed by atoms with Crippen LogP contribution < -0.4 is 90.9 Å². The molecule has 6 aliphatic heterocycles. The lowest BCUT2D eigenvalue weighted by atomic mass is 9.31. The van der Waals surface area contributed by atoms with Gasteiger partial charge in [-0.3, -0.25) is 0 Å². The van der Waals surface area contributed by atoms with Crippen LogP contribution in [-0.2, 0) is 0 Å². The standard InChI is InChI=1S/C72H44B3N3O6S2/c1-76-54-39-59-52(37-50(54)74-66-56(76)31-45(79-42-21-9-4-10-22-42)33-58(66)78(41-19-7-3-8-20-41)69-48-27-15-17-29-64(48)85-71(69)74)73-53-38-51-55(40-60(53)83-63-36-47(35-62(82-59)68(63)73)81-44-25-13-6-14-26-44)77(2)57-32-46(80-43-23-11-5-12-24-43)34-61-67(57)75(51)72-70(84-61)49-28-16-18-30-65(49)86-72/h3-40H,1-2H3. The van der Waals surface area contributed by atoms with Crippen molar-refractivity contribution in [1.82, 2.24) is 0 Å². The van der Waals surface area contributed by atoms with Gasteiger partial charge in [0.15, 0.2) is 0 Å². The van der Waals surface area contributed by atoms with Crippen molar-refractivity contribution in [2.75, 3.05) is 28.8 Å². The number of thiophene rings is 2. The van der Waals surface area contributed by atoms with Crippen LogP contribution in [0.3, 0.4) is 0 Å². The zero-order valence-electron chi connectivity index (χ0n) is 46.3. The molecule has 0 saturated carbocycles. The number of fused-ring (bicyclic) bond motifs is 16. The van der Waals surface area contributed by atoms with Gasteiger partial charge in [-0.2, -0.15) is 0 Å². The molecule has 0 saturated heterocycles. The van der Waals surface area contributed by atoms with Gasteiger partial charge < -0.3 is 43.1 Å². The van der Waals surface area contributed by atoms with Crippen molar-refractivity contribution in [2.45, 2.75) is 0 Å². The molecule has 13 aromatic rings. The van der Waals surface area contributed by atoms with Crippen molar-refractivity contribution in [1.29, 1.82) is 0 Å². The van der Waals surface area contributed by atoms with Gasteiger partial charge in [-0.1, -0.05) is 115 Å². The zero-order valence-corrected chi connectivity index (χ0v) is 47.9. The summed E-state index contributed by atoms with van der Waals surface area (Å²) in [6.07, 6.45) is 0. The highest BCUT2D eigenvalue weighted by molar-refractivity contribution is 7.34. The van der Waals surface area contributed by atoms with Crippen LogP contribution in [-0.4, -0.2) is 34.2 Å². The minimum absolute atomic E-state index is 0.145. The minimum Gasteiger partial charge on any atom is -0.458 e. The Morgan fingerprint density at radius 1 is 0.337 bits per heavy atom. The fraction of sp³-hybridized carbons (Fsp3) is 0.0278. The van der Waals surface area contributed by atoms with E-state index in [-0.39, 0.29) is 20.1 Å². The summed E-state index contributed by atoms with van der Waals surface area (Å²) in [5.74, 6) is 8.88. The predicted molar refractivity (Wildman–Crippen MR) is 354 cm³/mol. The van der Waals surface area contributed by atoms with Crippen LogP contribution in [0.1, 0.15) is 0 Å². The van der Waals surface area contributed by atoms with Gasteiger partial charge in [-0.05, 0) is 99.5 Å². The number of anilines is 7. The second-order valence-electron chi connectivity index (χ2n) is 22.7. The van der Waals surface area contributed by atoms with E-state index in [1.54, 1.807) is 0 Å². The van der Waals surface area contributed by atoms with E-state index in [9.17, 15) is 0 Å². The summed E-state index contributed by atoms with van der Waals surface area (Å²) in [5, 5.41) is 2.30. The van der Waals surface area contributed by atoms with E-state index in [4.69, 9.17) is 28.4 Å². The maximum atomic E-state index is 7.35. The first-order valence-corrected chi connectivity index (χ1v) is 30.5. The summed E-state index contributed by atoms with van der Waals surface area (Å²) in [7, 11) is 4.33. The number of nitrogens with zero attached hydrogens (tertiary/aromatic N) is 3. The van der Waals surface area contributed by atoms with Crippen LogP contribution in [0.25, 0.3) is 20.2 Å². The molecule has 14 heteroatoms. The Bertz CT molecular complexity index is 5030. The van der Waals surface area contributed by atoms with Crippen molar-refractivity contribution in [3.05, 3.63) is 231 Å². The molecule has 0 fully saturated rings. The molecular weight excluding hydrogens is 1100 g/mol. The fourth-order valence-electron chi connectivity index (χ4n) is 14.3. The quantitative estimate of drug-likeness (QED) is 0.145. The highest BCUT2D eigenvalue weighted by Gasteiger charge is 2.50. The molecule has 6 aliphatic rings. The molecule has 0 spiro atoms. The highest BCUT2D eigenvalue weighted by Crippen LogP contribution is 2.50. The molecule has 404 valence electrons. The Labute approximate surface area is 504 Å². The van der Waals surface area contributed by atoms with Crippen LogP contribution in [0.5, 0.6) is 69.0 Å². The Kier molecular flexibility index (Phi) is 10.1. The van der Waals surface area contributed by atoms with Gasteiger partial charge >= 0.3 is 0 Å². The van der Waals surface area contributed by atoms with Gasteiger partial charge in [0.2, 0.25) is 0 Å². The number of ether oxygens (including phenoxy) is 6. The fourth-order valence-corrected chi connectivity index (χ4v) is 16.9. The van der Waals surface area contributed by atoms with E-state index >= 15 is 0 Å². The van der Waals surface area contributed by atoms with Gasteiger partial charge in [0, 0.05) is 132 Å². The summed E-state index contributed by atoms with van der Waals surface area (Å²) in [6, 6.07) is 80.3. The van der Waals surface area contributed by atoms with Gasteiger partial charge in [0.05, 0.1) is 5.69 Å². The molecule has 19 rings (SSSR count). The van der Waals surface area contributed by atoms with Crippen LogP contribution >= 0.6 is 22.7 Å². The Balaban J connectivity index is 0.841. The SMILES string of the molecule is CN1c2cc3c(cc2B2c4sc5ccccc5c4Oc4cc(Oc5ccccc5)cc1c42)B1c2cc4c(cc2Oc2cc(Oc5ccccc5)cc(c21)O3)N(C)c1cc(Oc2ccccc2)cc2c1B4c1sc3ccccc3c1N2c1ccccc1. The molecule has 0 atom stereocenters. The third-order valence-electron chi connectivity index (χ3n) is 17.9. The first-order valence-electron chi connectivity index (χ1n) is 28.9. The Morgan fingerprint density at radius 3 is 1.36 bits per heavy atom. The lowest BCUT2D eigenvalue weighted by Crippen LogP contribution is -2.64. The summed E-state index contributed by atoms with van der Waals surface area (Å²) < 4.78 is 46.7. The van der Waals surface area contributed by atoms with Crippen LogP contribution in [0.15, 0.2) is 231 Å². The third-order valence-corrected chi connectivity index (χ3v) is 20.4. The van der Waals surface area contributed by atoms with E-state index in [1.165, 1.54) is 46.4 Å².